The number of nitrogens with zero attached hydrogens (tertiary/aromatic N) is 1. The number of amides is 1. The molecular formula is C20H28N2O4S. The highest BCUT2D eigenvalue weighted by Crippen LogP contribution is 2.38. The Morgan fingerprint density at radius 2 is 1.81 bits per heavy atom. The summed E-state index contributed by atoms with van der Waals surface area (Å²) in [5.74, 6) is 1.76. The molecule has 0 spiro atoms. The molecule has 0 aliphatic carbocycles. The van der Waals surface area contributed by atoms with Crippen molar-refractivity contribution >= 4 is 17.2 Å². The largest absolute Gasteiger partial charge is 0.493 e. The van der Waals surface area contributed by atoms with Gasteiger partial charge in [0.1, 0.15) is 0 Å². The smallest absolute Gasteiger partial charge is 0.220 e. The van der Waals surface area contributed by atoms with Crippen LogP contribution in [0.1, 0.15) is 23.6 Å². The number of hydrogen-bond donors (Lipinski definition) is 1. The van der Waals surface area contributed by atoms with Crippen LogP contribution in [0.5, 0.6) is 17.2 Å². The summed E-state index contributed by atoms with van der Waals surface area (Å²) in [6.45, 7) is 0.581. The van der Waals surface area contributed by atoms with Crippen LogP contribution in [0, 0.1) is 0 Å². The number of carbonyl (C=O) groups excluding carboxylic acids is 1. The quantitative estimate of drug-likeness (QED) is 0.673. The van der Waals surface area contributed by atoms with Crippen LogP contribution >= 0.6 is 11.3 Å². The summed E-state index contributed by atoms with van der Waals surface area (Å²) in [5, 5.41) is 7.21. The van der Waals surface area contributed by atoms with E-state index in [0.29, 0.717) is 36.6 Å². The first kappa shape index (κ1) is 21.1. The summed E-state index contributed by atoms with van der Waals surface area (Å²) in [6.07, 6.45) is 0.982. The molecule has 0 aliphatic rings. The first-order chi connectivity index (χ1) is 13.0. The van der Waals surface area contributed by atoms with Gasteiger partial charge < -0.3 is 24.4 Å². The highest BCUT2D eigenvalue weighted by atomic mass is 32.1. The molecule has 1 aromatic heterocycles. The van der Waals surface area contributed by atoms with Crippen molar-refractivity contribution in [3.63, 3.8) is 0 Å². The molecule has 1 atom stereocenters. The first-order valence-electron chi connectivity index (χ1n) is 8.74. The van der Waals surface area contributed by atoms with E-state index in [9.17, 15) is 4.79 Å². The Kier molecular flexibility index (Phi) is 7.94. The highest BCUT2D eigenvalue weighted by Gasteiger charge is 2.17. The molecule has 0 fully saturated rings. The Bertz CT molecular complexity index is 707. The predicted molar refractivity (Wildman–Crippen MR) is 108 cm³/mol. The Morgan fingerprint density at radius 1 is 1.15 bits per heavy atom. The molecule has 1 aromatic carbocycles. The molecule has 0 bridgehead atoms. The van der Waals surface area contributed by atoms with Crippen molar-refractivity contribution in [2.45, 2.75) is 18.9 Å². The fourth-order valence-electron chi connectivity index (χ4n) is 2.90. The molecular weight excluding hydrogens is 364 g/mol. The minimum Gasteiger partial charge on any atom is -0.493 e. The zero-order valence-corrected chi connectivity index (χ0v) is 17.4. The number of hydrogen-bond acceptors (Lipinski definition) is 6. The summed E-state index contributed by atoms with van der Waals surface area (Å²) in [6, 6.07) is 6.02. The zero-order chi connectivity index (χ0) is 19.8. The van der Waals surface area contributed by atoms with Gasteiger partial charge in [-0.25, -0.2) is 0 Å². The molecule has 7 heteroatoms. The summed E-state index contributed by atoms with van der Waals surface area (Å²) in [4.78, 5) is 14.4. The lowest BCUT2D eigenvalue weighted by atomic mass is 10.1. The molecule has 0 saturated carbocycles. The van der Waals surface area contributed by atoms with Crippen molar-refractivity contribution in [3.8, 4) is 17.2 Å². The van der Waals surface area contributed by atoms with Crippen molar-refractivity contribution in [1.82, 2.24) is 10.2 Å². The normalized spacial score (nSPS) is 11.9. The summed E-state index contributed by atoms with van der Waals surface area (Å²) >= 11 is 1.66. The summed E-state index contributed by atoms with van der Waals surface area (Å²) < 4.78 is 16.1. The number of thiophene rings is 1. The van der Waals surface area contributed by atoms with Gasteiger partial charge in [0.25, 0.3) is 0 Å². The van der Waals surface area contributed by atoms with E-state index in [2.05, 4.69) is 27.0 Å². The van der Waals surface area contributed by atoms with Crippen LogP contribution in [0.2, 0.25) is 0 Å². The fraction of sp³-hybridized carbons (Fsp3) is 0.450. The molecule has 2 aromatic rings. The second-order valence-corrected chi connectivity index (χ2v) is 7.15. The third kappa shape index (κ3) is 5.61. The van der Waals surface area contributed by atoms with Gasteiger partial charge in [0, 0.05) is 13.0 Å². The maximum absolute atomic E-state index is 12.3. The van der Waals surface area contributed by atoms with Gasteiger partial charge in [-0.2, -0.15) is 11.3 Å². The van der Waals surface area contributed by atoms with E-state index in [4.69, 9.17) is 14.2 Å². The monoisotopic (exact) mass is 392 g/mol. The van der Waals surface area contributed by atoms with Crippen LogP contribution in [0.3, 0.4) is 0 Å². The summed E-state index contributed by atoms with van der Waals surface area (Å²) in [7, 11) is 8.77. The first-order valence-corrected chi connectivity index (χ1v) is 9.68. The fourth-order valence-corrected chi connectivity index (χ4v) is 3.61. The van der Waals surface area contributed by atoms with Crippen LogP contribution < -0.4 is 19.5 Å². The molecule has 0 saturated heterocycles. The maximum atomic E-state index is 12.3. The van der Waals surface area contributed by atoms with Crippen LogP contribution in [0.15, 0.2) is 29.0 Å². The number of ether oxygens (including phenoxy) is 3. The maximum Gasteiger partial charge on any atom is 0.220 e. The van der Waals surface area contributed by atoms with Gasteiger partial charge in [0.2, 0.25) is 11.7 Å². The average Bonchev–Trinajstić information content (AvgIpc) is 3.19. The van der Waals surface area contributed by atoms with Crippen molar-refractivity contribution in [2.75, 3.05) is 42.0 Å². The second-order valence-electron chi connectivity index (χ2n) is 6.37. The molecule has 1 amide bonds. The van der Waals surface area contributed by atoms with Crippen molar-refractivity contribution in [2.24, 2.45) is 0 Å². The van der Waals surface area contributed by atoms with Gasteiger partial charge in [0.05, 0.1) is 27.4 Å². The van der Waals surface area contributed by atoms with Crippen LogP contribution in [-0.2, 0) is 11.2 Å². The van der Waals surface area contributed by atoms with Gasteiger partial charge in [-0.1, -0.05) is 0 Å². The minimum absolute atomic E-state index is 0.0193. The number of methoxy groups -OCH3 is 3. The number of likely N-dealkylation sites (N-methyl/N-ethyl adjacent to an activating group) is 1. The molecule has 0 aliphatic heterocycles. The molecule has 6 nitrogen and oxygen atoms in total. The van der Waals surface area contributed by atoms with Crippen LogP contribution in [0.25, 0.3) is 0 Å². The highest BCUT2D eigenvalue weighted by molar-refractivity contribution is 7.07. The van der Waals surface area contributed by atoms with E-state index in [1.165, 1.54) is 5.56 Å². The van der Waals surface area contributed by atoms with E-state index in [1.807, 2.05) is 26.2 Å². The summed E-state index contributed by atoms with van der Waals surface area (Å²) in [5.41, 5.74) is 2.18. The molecule has 2 rings (SSSR count). The van der Waals surface area contributed by atoms with E-state index in [-0.39, 0.29) is 11.9 Å². The van der Waals surface area contributed by atoms with E-state index < -0.39 is 0 Å². The van der Waals surface area contributed by atoms with Gasteiger partial charge in [-0.05, 0) is 60.6 Å². The lowest BCUT2D eigenvalue weighted by molar-refractivity contribution is -0.121. The predicted octanol–water partition coefficient (Wildman–Crippen LogP) is 3.13. The van der Waals surface area contributed by atoms with Gasteiger partial charge in [-0.15, -0.1) is 0 Å². The van der Waals surface area contributed by atoms with Crippen LogP contribution in [0.4, 0.5) is 0 Å². The van der Waals surface area contributed by atoms with Crippen LogP contribution in [-0.4, -0.2) is 52.8 Å². The molecule has 1 N–H and O–H groups in total. The molecule has 0 radical (unpaired) electrons. The van der Waals surface area contributed by atoms with Crippen molar-refractivity contribution in [1.29, 1.82) is 0 Å². The van der Waals surface area contributed by atoms with Gasteiger partial charge in [0.15, 0.2) is 11.5 Å². The number of carbonyl (C=O) groups is 1. The van der Waals surface area contributed by atoms with E-state index in [0.717, 1.165) is 5.56 Å². The Labute approximate surface area is 165 Å². The van der Waals surface area contributed by atoms with E-state index >= 15 is 0 Å². The molecule has 148 valence electrons. The Morgan fingerprint density at radius 3 is 2.30 bits per heavy atom. The minimum atomic E-state index is 0.0193. The number of aryl methyl sites for hydroxylation is 1. The third-order valence-electron chi connectivity index (χ3n) is 4.41. The van der Waals surface area contributed by atoms with Crippen molar-refractivity contribution < 1.29 is 19.0 Å². The standard InChI is InChI=1S/C20H28N2O4S/c1-22(2)16(15-8-9-27-13-15)12-21-19(23)7-6-14-10-17(24-3)20(26-5)18(11-14)25-4/h8-11,13,16H,6-7,12H2,1-5H3,(H,21,23). The number of benzene rings is 1. The molecule has 27 heavy (non-hydrogen) atoms. The molecule has 1 unspecified atom stereocenters. The van der Waals surface area contributed by atoms with Crippen molar-refractivity contribution in [3.05, 3.63) is 40.1 Å². The lowest BCUT2D eigenvalue weighted by Gasteiger charge is -2.24. The zero-order valence-electron chi connectivity index (χ0n) is 16.6. The average molecular weight is 393 g/mol. The van der Waals surface area contributed by atoms with E-state index in [1.54, 1.807) is 32.7 Å². The molecule has 1 heterocycles. The Hall–Kier alpha value is -2.25. The number of rotatable bonds is 10. The van der Waals surface area contributed by atoms with Gasteiger partial charge >= 0.3 is 0 Å². The SMILES string of the molecule is COc1cc(CCC(=O)NCC(c2ccsc2)N(C)C)cc(OC)c1OC. The third-order valence-corrected chi connectivity index (χ3v) is 5.11. The number of nitrogens with one attached hydrogen (secondary N) is 1. The topological polar surface area (TPSA) is 60.0 Å². The van der Waals surface area contributed by atoms with Gasteiger partial charge in [-0.3, -0.25) is 4.79 Å². The lowest BCUT2D eigenvalue weighted by Crippen LogP contribution is -2.34. The Balaban J connectivity index is 1.95. The second kappa shape index (κ2) is 10.2.